The summed E-state index contributed by atoms with van der Waals surface area (Å²) in [6.45, 7) is 2.89. The molecule has 1 aromatic rings. The molecule has 0 atom stereocenters. The minimum Gasteiger partial charge on any atom is -0.445 e. The van der Waals surface area contributed by atoms with E-state index in [0.29, 0.717) is 5.02 Å². The SMILES string of the molecule is CCNc1ccc(Cl)cc1COC(N)=O. The quantitative estimate of drug-likeness (QED) is 0.832. The van der Waals surface area contributed by atoms with Crippen LogP contribution in [0.5, 0.6) is 0 Å². The standard InChI is InChI=1S/C10H13ClN2O2/c1-2-13-9-4-3-8(11)5-7(9)6-15-10(12)14/h3-5,13H,2,6H2,1H3,(H2,12,14). The molecule has 0 aliphatic carbocycles. The van der Waals surface area contributed by atoms with Crippen LogP contribution in [0.2, 0.25) is 5.02 Å². The molecule has 0 heterocycles. The van der Waals surface area contributed by atoms with Gasteiger partial charge in [0.15, 0.2) is 0 Å². The fourth-order valence-corrected chi connectivity index (χ4v) is 1.39. The summed E-state index contributed by atoms with van der Waals surface area (Å²) in [6.07, 6.45) is -0.794. The van der Waals surface area contributed by atoms with E-state index >= 15 is 0 Å². The third-order valence-electron chi connectivity index (χ3n) is 1.80. The highest BCUT2D eigenvalue weighted by Crippen LogP contribution is 2.21. The molecule has 3 N–H and O–H groups in total. The Morgan fingerprint density at radius 2 is 2.33 bits per heavy atom. The Hall–Kier alpha value is -1.42. The molecule has 1 rings (SSSR count). The lowest BCUT2D eigenvalue weighted by Gasteiger charge is -2.10. The van der Waals surface area contributed by atoms with Crippen LogP contribution >= 0.6 is 11.6 Å². The predicted molar refractivity (Wildman–Crippen MR) is 60.0 cm³/mol. The highest BCUT2D eigenvalue weighted by atomic mass is 35.5. The number of hydrogen-bond donors (Lipinski definition) is 2. The van der Waals surface area contributed by atoms with Crippen molar-refractivity contribution in [2.75, 3.05) is 11.9 Å². The number of anilines is 1. The summed E-state index contributed by atoms with van der Waals surface area (Å²) < 4.78 is 4.71. The molecule has 1 amide bonds. The predicted octanol–water partition coefficient (Wildman–Crippen LogP) is 2.37. The van der Waals surface area contributed by atoms with E-state index in [4.69, 9.17) is 22.1 Å². The summed E-state index contributed by atoms with van der Waals surface area (Å²) in [6, 6.07) is 5.35. The molecule has 0 bridgehead atoms. The van der Waals surface area contributed by atoms with Gasteiger partial charge in [0.05, 0.1) is 0 Å². The average Bonchev–Trinajstić information content (AvgIpc) is 2.18. The second-order valence-electron chi connectivity index (χ2n) is 2.94. The lowest BCUT2D eigenvalue weighted by molar-refractivity contribution is 0.150. The average molecular weight is 229 g/mol. The fourth-order valence-electron chi connectivity index (χ4n) is 1.19. The number of nitrogens with two attached hydrogens (primary N) is 1. The zero-order chi connectivity index (χ0) is 11.3. The molecule has 0 saturated heterocycles. The molecular weight excluding hydrogens is 216 g/mol. The molecule has 15 heavy (non-hydrogen) atoms. The molecule has 4 nitrogen and oxygen atoms in total. The van der Waals surface area contributed by atoms with Crippen molar-refractivity contribution in [3.8, 4) is 0 Å². The van der Waals surface area contributed by atoms with Crippen molar-refractivity contribution in [3.63, 3.8) is 0 Å². The highest BCUT2D eigenvalue weighted by Gasteiger charge is 2.04. The third-order valence-corrected chi connectivity index (χ3v) is 2.04. The molecule has 0 aliphatic rings. The number of halogens is 1. The Balaban J connectivity index is 2.81. The second kappa shape index (κ2) is 5.46. The number of amides is 1. The van der Waals surface area contributed by atoms with Gasteiger partial charge in [0.25, 0.3) is 0 Å². The Labute approximate surface area is 93.4 Å². The van der Waals surface area contributed by atoms with Gasteiger partial charge in [0.2, 0.25) is 0 Å². The molecule has 0 aromatic heterocycles. The van der Waals surface area contributed by atoms with Crippen LogP contribution in [0.4, 0.5) is 10.5 Å². The number of nitrogens with one attached hydrogen (secondary N) is 1. The van der Waals surface area contributed by atoms with Crippen LogP contribution in [0.3, 0.4) is 0 Å². The molecule has 0 aliphatic heterocycles. The van der Waals surface area contributed by atoms with Gasteiger partial charge in [-0.05, 0) is 25.1 Å². The Morgan fingerprint density at radius 3 is 2.93 bits per heavy atom. The fraction of sp³-hybridized carbons (Fsp3) is 0.300. The zero-order valence-corrected chi connectivity index (χ0v) is 9.17. The van der Waals surface area contributed by atoms with Gasteiger partial charge in [-0.2, -0.15) is 0 Å². The van der Waals surface area contributed by atoms with E-state index in [-0.39, 0.29) is 6.61 Å². The van der Waals surface area contributed by atoms with Gasteiger partial charge in [-0.3, -0.25) is 0 Å². The van der Waals surface area contributed by atoms with E-state index in [2.05, 4.69) is 5.32 Å². The van der Waals surface area contributed by atoms with E-state index in [1.165, 1.54) is 0 Å². The first-order valence-corrected chi connectivity index (χ1v) is 4.95. The van der Waals surface area contributed by atoms with Gasteiger partial charge in [-0.15, -0.1) is 0 Å². The van der Waals surface area contributed by atoms with Crippen LogP contribution in [0.1, 0.15) is 12.5 Å². The van der Waals surface area contributed by atoms with E-state index in [1.807, 2.05) is 13.0 Å². The normalized spacial score (nSPS) is 9.73. The van der Waals surface area contributed by atoms with Crippen molar-refractivity contribution < 1.29 is 9.53 Å². The number of hydrogen-bond acceptors (Lipinski definition) is 3. The topological polar surface area (TPSA) is 64.3 Å². The Morgan fingerprint density at radius 1 is 1.60 bits per heavy atom. The number of benzene rings is 1. The number of carbonyl (C=O) groups excluding carboxylic acids is 1. The van der Waals surface area contributed by atoms with Crippen LogP contribution in [0.25, 0.3) is 0 Å². The maximum Gasteiger partial charge on any atom is 0.404 e. The van der Waals surface area contributed by atoms with E-state index in [0.717, 1.165) is 17.8 Å². The maximum absolute atomic E-state index is 10.5. The van der Waals surface area contributed by atoms with Crippen LogP contribution in [0, 0.1) is 0 Å². The lowest BCUT2D eigenvalue weighted by Crippen LogP contribution is -2.13. The summed E-state index contributed by atoms with van der Waals surface area (Å²) in [4.78, 5) is 10.5. The van der Waals surface area contributed by atoms with Gasteiger partial charge in [0.1, 0.15) is 6.61 Å². The summed E-state index contributed by atoms with van der Waals surface area (Å²) in [5.41, 5.74) is 6.59. The van der Waals surface area contributed by atoms with Gasteiger partial charge in [-0.25, -0.2) is 4.79 Å². The molecule has 0 saturated carbocycles. The van der Waals surface area contributed by atoms with Crippen LogP contribution in [-0.4, -0.2) is 12.6 Å². The van der Waals surface area contributed by atoms with Crippen LogP contribution < -0.4 is 11.1 Å². The third kappa shape index (κ3) is 3.67. The molecule has 0 unspecified atom stereocenters. The maximum atomic E-state index is 10.5. The number of rotatable bonds is 4. The van der Waals surface area contributed by atoms with E-state index in [1.54, 1.807) is 12.1 Å². The molecule has 0 spiro atoms. The molecule has 0 fully saturated rings. The lowest BCUT2D eigenvalue weighted by atomic mass is 10.2. The first-order chi connectivity index (χ1) is 7.13. The second-order valence-corrected chi connectivity index (χ2v) is 3.38. The molecule has 1 aromatic carbocycles. The van der Waals surface area contributed by atoms with Crippen molar-refractivity contribution in [2.45, 2.75) is 13.5 Å². The minimum absolute atomic E-state index is 0.123. The summed E-state index contributed by atoms with van der Waals surface area (Å²) in [5, 5.41) is 3.73. The molecular formula is C10H13ClN2O2. The Bertz CT molecular complexity index is 355. The minimum atomic E-state index is -0.794. The van der Waals surface area contributed by atoms with Crippen molar-refractivity contribution in [1.82, 2.24) is 0 Å². The van der Waals surface area contributed by atoms with Crippen molar-refractivity contribution >= 4 is 23.4 Å². The largest absolute Gasteiger partial charge is 0.445 e. The van der Waals surface area contributed by atoms with Crippen molar-refractivity contribution in [1.29, 1.82) is 0 Å². The summed E-state index contributed by atoms with van der Waals surface area (Å²) >= 11 is 5.83. The first-order valence-electron chi connectivity index (χ1n) is 4.58. The molecule has 0 radical (unpaired) electrons. The van der Waals surface area contributed by atoms with Crippen molar-refractivity contribution in [2.24, 2.45) is 5.73 Å². The van der Waals surface area contributed by atoms with Crippen molar-refractivity contribution in [3.05, 3.63) is 28.8 Å². The Kier molecular flexibility index (Phi) is 4.24. The van der Waals surface area contributed by atoms with E-state index < -0.39 is 6.09 Å². The molecule has 5 heteroatoms. The monoisotopic (exact) mass is 228 g/mol. The zero-order valence-electron chi connectivity index (χ0n) is 8.42. The number of ether oxygens (including phenoxy) is 1. The summed E-state index contributed by atoms with van der Waals surface area (Å²) in [5.74, 6) is 0. The van der Waals surface area contributed by atoms with Crippen LogP contribution in [0.15, 0.2) is 18.2 Å². The molecule has 82 valence electrons. The smallest absolute Gasteiger partial charge is 0.404 e. The summed E-state index contributed by atoms with van der Waals surface area (Å²) in [7, 11) is 0. The number of primary amides is 1. The van der Waals surface area contributed by atoms with Gasteiger partial charge < -0.3 is 15.8 Å². The van der Waals surface area contributed by atoms with Gasteiger partial charge in [-0.1, -0.05) is 11.6 Å². The highest BCUT2D eigenvalue weighted by molar-refractivity contribution is 6.30. The van der Waals surface area contributed by atoms with E-state index in [9.17, 15) is 4.79 Å². The van der Waals surface area contributed by atoms with Gasteiger partial charge >= 0.3 is 6.09 Å². The number of carbonyl (C=O) groups is 1. The van der Waals surface area contributed by atoms with Crippen LogP contribution in [-0.2, 0) is 11.3 Å². The van der Waals surface area contributed by atoms with Gasteiger partial charge in [0, 0.05) is 22.8 Å². The first kappa shape index (κ1) is 11.7.